The molecule has 0 atom stereocenters. The van der Waals surface area contributed by atoms with Crippen molar-refractivity contribution in [1.82, 2.24) is 14.8 Å². The van der Waals surface area contributed by atoms with Gasteiger partial charge in [0.25, 0.3) is 0 Å². The van der Waals surface area contributed by atoms with E-state index in [0.29, 0.717) is 0 Å². The van der Waals surface area contributed by atoms with Crippen LogP contribution in [0.1, 0.15) is 10.6 Å². The van der Waals surface area contributed by atoms with Crippen LogP contribution in [-0.4, -0.2) is 47.5 Å². The van der Waals surface area contributed by atoms with Gasteiger partial charge in [-0.05, 0) is 17.7 Å². The largest absolute Gasteiger partial charge is 0.297 e. The minimum Gasteiger partial charge on any atom is -0.297 e. The van der Waals surface area contributed by atoms with E-state index in [9.17, 15) is 0 Å². The van der Waals surface area contributed by atoms with E-state index < -0.39 is 0 Å². The summed E-state index contributed by atoms with van der Waals surface area (Å²) >= 11 is 1.83. The molecule has 0 bridgehead atoms. The monoisotopic (exact) mass is 349 g/mol. The van der Waals surface area contributed by atoms with Crippen molar-refractivity contribution in [3.05, 3.63) is 71.2 Å². The minimum absolute atomic E-state index is 0.979. The van der Waals surface area contributed by atoms with Crippen molar-refractivity contribution < 1.29 is 0 Å². The highest BCUT2D eigenvalue weighted by Crippen LogP contribution is 2.23. The molecular weight excluding hydrogens is 326 g/mol. The zero-order valence-electron chi connectivity index (χ0n) is 14.3. The molecule has 128 valence electrons. The van der Waals surface area contributed by atoms with Gasteiger partial charge in [0.05, 0.1) is 16.8 Å². The molecule has 1 saturated heterocycles. The summed E-state index contributed by atoms with van der Waals surface area (Å²) < 4.78 is 1.29. The van der Waals surface area contributed by atoms with Crippen LogP contribution in [-0.2, 0) is 6.54 Å². The summed E-state index contributed by atoms with van der Waals surface area (Å²) in [6.45, 7) is 6.51. The van der Waals surface area contributed by atoms with Gasteiger partial charge in [-0.1, -0.05) is 54.6 Å². The molecule has 1 aliphatic rings. The number of nitrogens with zero attached hydrogens (tertiary/aromatic N) is 3. The van der Waals surface area contributed by atoms with Crippen molar-refractivity contribution in [2.45, 2.75) is 6.54 Å². The quantitative estimate of drug-likeness (QED) is 0.690. The normalized spacial score (nSPS) is 16.8. The van der Waals surface area contributed by atoms with Gasteiger partial charge in [-0.25, -0.2) is 4.98 Å². The highest BCUT2D eigenvalue weighted by molar-refractivity contribution is 7.18. The van der Waals surface area contributed by atoms with Crippen molar-refractivity contribution in [3.63, 3.8) is 0 Å². The van der Waals surface area contributed by atoms with E-state index in [1.54, 1.807) is 0 Å². The first-order valence-corrected chi connectivity index (χ1v) is 9.69. The Kier molecular flexibility index (Phi) is 5.21. The molecule has 1 aliphatic heterocycles. The molecule has 0 saturated carbocycles. The zero-order chi connectivity index (χ0) is 16.9. The Labute approximate surface area is 153 Å². The van der Waals surface area contributed by atoms with Crippen LogP contribution in [0.2, 0.25) is 0 Å². The number of para-hydroxylation sites is 1. The molecule has 0 N–H and O–H groups in total. The van der Waals surface area contributed by atoms with Gasteiger partial charge < -0.3 is 0 Å². The third-order valence-corrected chi connectivity index (χ3v) is 5.66. The fourth-order valence-electron chi connectivity index (χ4n) is 3.21. The van der Waals surface area contributed by atoms with Gasteiger partial charge in [0.1, 0.15) is 5.01 Å². The molecule has 1 aromatic heterocycles. The topological polar surface area (TPSA) is 19.4 Å². The predicted octanol–water partition coefficient (Wildman–Crippen LogP) is 4.13. The van der Waals surface area contributed by atoms with Gasteiger partial charge in [-0.3, -0.25) is 9.80 Å². The van der Waals surface area contributed by atoms with Crippen LogP contribution in [0.3, 0.4) is 0 Å². The number of thiazole rings is 1. The van der Waals surface area contributed by atoms with Crippen LogP contribution in [0.5, 0.6) is 0 Å². The highest BCUT2D eigenvalue weighted by Gasteiger charge is 2.17. The van der Waals surface area contributed by atoms with Crippen molar-refractivity contribution in [1.29, 1.82) is 0 Å². The Morgan fingerprint density at radius 1 is 0.880 bits per heavy atom. The van der Waals surface area contributed by atoms with Crippen LogP contribution in [0.15, 0.2) is 60.7 Å². The lowest BCUT2D eigenvalue weighted by molar-refractivity contribution is 0.137. The summed E-state index contributed by atoms with van der Waals surface area (Å²) in [5, 5.41) is 1.23. The Morgan fingerprint density at radius 3 is 2.40 bits per heavy atom. The van der Waals surface area contributed by atoms with Crippen molar-refractivity contribution >= 4 is 27.6 Å². The molecule has 2 aromatic carbocycles. The summed E-state index contributed by atoms with van der Waals surface area (Å²) in [7, 11) is 0. The van der Waals surface area contributed by atoms with Gasteiger partial charge in [0, 0.05) is 32.7 Å². The molecule has 0 aliphatic carbocycles. The third-order valence-electron chi connectivity index (χ3n) is 4.64. The van der Waals surface area contributed by atoms with Gasteiger partial charge in [-0.2, -0.15) is 0 Å². The lowest BCUT2D eigenvalue weighted by Crippen LogP contribution is -2.45. The average Bonchev–Trinajstić information content (AvgIpc) is 3.06. The highest BCUT2D eigenvalue weighted by atomic mass is 32.1. The standard InChI is InChI=1S/C21H23N3S/c1-2-7-18(8-3-1)9-6-12-23-13-15-24(16-14-23)17-21-22-19-10-4-5-11-20(19)25-21/h1-11H,12-17H2. The van der Waals surface area contributed by atoms with Gasteiger partial charge in [0.2, 0.25) is 0 Å². The Morgan fingerprint density at radius 2 is 1.60 bits per heavy atom. The van der Waals surface area contributed by atoms with Crippen LogP contribution < -0.4 is 0 Å². The van der Waals surface area contributed by atoms with Crippen LogP contribution in [0, 0.1) is 0 Å². The summed E-state index contributed by atoms with van der Waals surface area (Å²) in [5.74, 6) is 0. The Balaban J connectivity index is 1.26. The van der Waals surface area contributed by atoms with Crippen molar-refractivity contribution in [2.75, 3.05) is 32.7 Å². The summed E-state index contributed by atoms with van der Waals surface area (Å²) in [5.41, 5.74) is 2.41. The number of fused-ring (bicyclic) bond motifs is 1. The first-order chi connectivity index (χ1) is 12.4. The lowest BCUT2D eigenvalue weighted by atomic mass is 10.2. The molecule has 4 rings (SSSR count). The van der Waals surface area contributed by atoms with Crippen LogP contribution >= 0.6 is 11.3 Å². The smallest absolute Gasteiger partial charge is 0.108 e. The molecule has 2 heterocycles. The number of benzene rings is 2. The van der Waals surface area contributed by atoms with Crippen LogP contribution in [0.25, 0.3) is 16.3 Å². The number of hydrogen-bond acceptors (Lipinski definition) is 4. The van der Waals surface area contributed by atoms with E-state index in [1.807, 2.05) is 11.3 Å². The number of aromatic nitrogens is 1. The predicted molar refractivity (Wildman–Crippen MR) is 107 cm³/mol. The lowest BCUT2D eigenvalue weighted by Gasteiger charge is -2.33. The van der Waals surface area contributed by atoms with Gasteiger partial charge in [-0.15, -0.1) is 11.3 Å². The molecule has 0 amide bonds. The zero-order valence-corrected chi connectivity index (χ0v) is 15.2. The first-order valence-electron chi connectivity index (χ1n) is 8.87. The second-order valence-corrected chi connectivity index (χ2v) is 7.58. The Bertz CT molecular complexity index is 799. The van der Waals surface area contributed by atoms with E-state index >= 15 is 0 Å². The molecule has 1 fully saturated rings. The molecule has 0 spiro atoms. The van der Waals surface area contributed by atoms with E-state index in [0.717, 1.165) is 44.8 Å². The van der Waals surface area contributed by atoms with E-state index in [2.05, 4.69) is 76.5 Å². The van der Waals surface area contributed by atoms with Gasteiger partial charge in [0.15, 0.2) is 0 Å². The number of hydrogen-bond donors (Lipinski definition) is 0. The molecule has 3 nitrogen and oxygen atoms in total. The maximum atomic E-state index is 4.76. The molecule has 0 unspecified atom stereocenters. The second kappa shape index (κ2) is 7.91. The molecule has 3 aromatic rings. The third kappa shape index (κ3) is 4.34. The summed E-state index contributed by atoms with van der Waals surface area (Å²) in [6, 6.07) is 18.9. The number of rotatable bonds is 5. The maximum absolute atomic E-state index is 4.76. The van der Waals surface area contributed by atoms with Crippen molar-refractivity contribution in [3.8, 4) is 0 Å². The van der Waals surface area contributed by atoms with Crippen molar-refractivity contribution in [2.24, 2.45) is 0 Å². The van der Waals surface area contributed by atoms with Crippen LogP contribution in [0.4, 0.5) is 0 Å². The Hall–Kier alpha value is -2.01. The first kappa shape index (κ1) is 16.5. The summed E-state index contributed by atoms with van der Waals surface area (Å²) in [4.78, 5) is 9.81. The van der Waals surface area contributed by atoms with E-state index in [1.165, 1.54) is 15.3 Å². The van der Waals surface area contributed by atoms with Gasteiger partial charge >= 0.3 is 0 Å². The fourth-order valence-corrected chi connectivity index (χ4v) is 4.22. The average molecular weight is 350 g/mol. The SMILES string of the molecule is C(=Cc1ccccc1)CN1CCN(Cc2nc3ccccc3s2)CC1. The molecule has 0 radical (unpaired) electrons. The molecule has 4 heteroatoms. The van der Waals surface area contributed by atoms with E-state index in [-0.39, 0.29) is 0 Å². The second-order valence-electron chi connectivity index (χ2n) is 6.47. The maximum Gasteiger partial charge on any atom is 0.108 e. The summed E-state index contributed by atoms with van der Waals surface area (Å²) in [6.07, 6.45) is 4.49. The molecule has 25 heavy (non-hydrogen) atoms. The fraction of sp³-hybridized carbons (Fsp3) is 0.286. The number of piperazine rings is 1. The van der Waals surface area contributed by atoms with E-state index in [4.69, 9.17) is 4.98 Å². The minimum atomic E-state index is 0.979. The molecular formula is C21H23N3S.